The second-order valence-electron chi connectivity index (χ2n) is 4.02. The van der Waals surface area contributed by atoms with Crippen molar-refractivity contribution in [1.82, 2.24) is 9.78 Å². The Labute approximate surface area is 105 Å². The summed E-state index contributed by atoms with van der Waals surface area (Å²) in [6, 6.07) is 0. The van der Waals surface area contributed by atoms with E-state index in [-0.39, 0.29) is 5.92 Å². The van der Waals surface area contributed by atoms with E-state index >= 15 is 0 Å². The maximum atomic E-state index is 11.2. The number of rotatable bonds is 6. The molecule has 0 aliphatic rings. The van der Waals surface area contributed by atoms with Gasteiger partial charge < -0.3 is 10.1 Å². The zero-order valence-electron chi connectivity index (χ0n) is 10.2. The number of nitrogens with two attached hydrogens (primary N) is 1. The first-order chi connectivity index (χ1) is 8.29. The van der Waals surface area contributed by atoms with Gasteiger partial charge in [-0.05, 0) is 10.8 Å². The maximum absolute atomic E-state index is 11.2. The smallest absolute Gasteiger partial charge is 0.358 e. The highest BCUT2D eigenvalue weighted by Crippen LogP contribution is 2.21. The Hall–Kier alpha value is -1.48. The zero-order chi connectivity index (χ0) is 13.9. The standard InChI is InChI=1S/C9H16N4O4S/c1-3-7(4-2)5-12-6-8(18(10,16)17)9(11-12)13(14)15/h6-7H,3-5H2,1-2H3,(H2,10,16,17). The second-order valence-corrected chi connectivity index (χ2v) is 5.55. The average Bonchev–Trinajstić information content (AvgIpc) is 2.69. The minimum absolute atomic E-state index is 0.290. The van der Waals surface area contributed by atoms with Gasteiger partial charge in [0.05, 0.1) is 17.8 Å². The molecule has 0 bridgehead atoms. The minimum atomic E-state index is -4.13. The van der Waals surface area contributed by atoms with E-state index in [0.717, 1.165) is 19.0 Å². The first-order valence-electron chi connectivity index (χ1n) is 5.54. The van der Waals surface area contributed by atoms with Crippen LogP contribution in [-0.4, -0.2) is 23.1 Å². The number of aromatic nitrogens is 2. The molecule has 0 radical (unpaired) electrons. The van der Waals surface area contributed by atoms with Crippen molar-refractivity contribution in [3.05, 3.63) is 16.3 Å². The summed E-state index contributed by atoms with van der Waals surface area (Å²) < 4.78 is 23.7. The molecule has 0 aliphatic carbocycles. The molecular weight excluding hydrogens is 260 g/mol. The van der Waals surface area contributed by atoms with E-state index in [1.807, 2.05) is 13.8 Å². The molecule has 0 unspecified atom stereocenters. The molecule has 1 aromatic heterocycles. The van der Waals surface area contributed by atoms with Crippen LogP contribution in [0.3, 0.4) is 0 Å². The fraction of sp³-hybridized carbons (Fsp3) is 0.667. The molecule has 0 amide bonds. The van der Waals surface area contributed by atoms with E-state index in [1.165, 1.54) is 4.68 Å². The number of nitrogens with zero attached hydrogens (tertiary/aromatic N) is 3. The third-order valence-electron chi connectivity index (χ3n) is 2.79. The number of hydrogen-bond acceptors (Lipinski definition) is 5. The van der Waals surface area contributed by atoms with E-state index in [9.17, 15) is 18.5 Å². The number of hydrogen-bond donors (Lipinski definition) is 1. The Morgan fingerprint density at radius 1 is 1.50 bits per heavy atom. The van der Waals surface area contributed by atoms with Crippen LogP contribution < -0.4 is 5.14 Å². The van der Waals surface area contributed by atoms with Gasteiger partial charge in [-0.3, -0.25) is 0 Å². The largest absolute Gasteiger partial charge is 0.410 e. The molecule has 1 aromatic rings. The van der Waals surface area contributed by atoms with Gasteiger partial charge in [0.1, 0.15) is 0 Å². The van der Waals surface area contributed by atoms with Crippen LogP contribution in [0.4, 0.5) is 5.82 Å². The van der Waals surface area contributed by atoms with Gasteiger partial charge in [0, 0.05) is 0 Å². The van der Waals surface area contributed by atoms with E-state index in [4.69, 9.17) is 5.14 Å². The van der Waals surface area contributed by atoms with Gasteiger partial charge >= 0.3 is 5.82 Å². The first-order valence-corrected chi connectivity index (χ1v) is 7.08. The molecule has 0 fully saturated rings. The molecule has 9 heteroatoms. The van der Waals surface area contributed by atoms with Crippen LogP contribution in [0.2, 0.25) is 0 Å². The number of sulfonamides is 1. The molecule has 1 heterocycles. The molecule has 8 nitrogen and oxygen atoms in total. The number of nitro groups is 1. The van der Waals surface area contributed by atoms with E-state index in [1.54, 1.807) is 0 Å². The summed E-state index contributed by atoms with van der Waals surface area (Å²) in [4.78, 5) is 9.33. The maximum Gasteiger partial charge on any atom is 0.410 e. The van der Waals surface area contributed by atoms with Gasteiger partial charge in [-0.25, -0.2) is 13.6 Å². The molecule has 0 aromatic carbocycles. The molecule has 0 saturated heterocycles. The predicted octanol–water partition coefficient (Wildman–Crippen LogP) is 0.875. The summed E-state index contributed by atoms with van der Waals surface area (Å²) in [6.07, 6.45) is 2.88. The summed E-state index contributed by atoms with van der Waals surface area (Å²) in [7, 11) is -4.13. The van der Waals surface area contributed by atoms with Gasteiger partial charge in [0.15, 0.2) is 0 Å². The number of primary sulfonamides is 1. The van der Waals surface area contributed by atoms with Crippen molar-refractivity contribution in [3.8, 4) is 0 Å². The predicted molar refractivity (Wildman–Crippen MR) is 64.3 cm³/mol. The molecule has 18 heavy (non-hydrogen) atoms. The second kappa shape index (κ2) is 5.44. The van der Waals surface area contributed by atoms with Crippen LogP contribution in [0, 0.1) is 16.0 Å². The van der Waals surface area contributed by atoms with Crippen molar-refractivity contribution >= 4 is 15.8 Å². The quantitative estimate of drug-likeness (QED) is 0.610. The minimum Gasteiger partial charge on any atom is -0.358 e. The van der Waals surface area contributed by atoms with Crippen LogP contribution in [0.15, 0.2) is 11.1 Å². The Kier molecular flexibility index (Phi) is 4.41. The zero-order valence-corrected chi connectivity index (χ0v) is 11.1. The highest BCUT2D eigenvalue weighted by atomic mass is 32.2. The molecule has 1 rings (SSSR count). The van der Waals surface area contributed by atoms with Crippen molar-refractivity contribution in [2.24, 2.45) is 11.1 Å². The molecule has 0 aliphatic heterocycles. The van der Waals surface area contributed by atoms with E-state index in [2.05, 4.69) is 5.10 Å². The van der Waals surface area contributed by atoms with Gasteiger partial charge in [0.25, 0.3) is 0 Å². The monoisotopic (exact) mass is 276 g/mol. The Balaban J connectivity index is 3.15. The summed E-state index contributed by atoms with van der Waals surface area (Å²) in [5.41, 5.74) is 0. The SMILES string of the molecule is CCC(CC)Cn1cc(S(N)(=O)=O)c([N+](=O)[O-])n1. The van der Waals surface area contributed by atoms with Crippen LogP contribution in [0.5, 0.6) is 0 Å². The lowest BCUT2D eigenvalue weighted by Gasteiger charge is -2.08. The lowest BCUT2D eigenvalue weighted by Crippen LogP contribution is -2.13. The van der Waals surface area contributed by atoms with Crippen molar-refractivity contribution in [2.45, 2.75) is 38.1 Å². The average molecular weight is 276 g/mol. The lowest BCUT2D eigenvalue weighted by molar-refractivity contribution is -0.392. The Morgan fingerprint density at radius 3 is 2.39 bits per heavy atom. The van der Waals surface area contributed by atoms with Crippen molar-refractivity contribution in [3.63, 3.8) is 0 Å². The van der Waals surface area contributed by atoms with E-state index in [0.29, 0.717) is 6.54 Å². The van der Waals surface area contributed by atoms with Crippen LogP contribution in [0.25, 0.3) is 0 Å². The normalized spacial score (nSPS) is 12.0. The summed E-state index contributed by atoms with van der Waals surface area (Å²) >= 11 is 0. The molecule has 0 saturated carbocycles. The summed E-state index contributed by atoms with van der Waals surface area (Å²) in [6.45, 7) is 4.42. The van der Waals surface area contributed by atoms with Crippen molar-refractivity contribution in [2.75, 3.05) is 0 Å². The van der Waals surface area contributed by atoms with Gasteiger partial charge in [0.2, 0.25) is 14.9 Å². The van der Waals surface area contributed by atoms with Crippen molar-refractivity contribution < 1.29 is 13.3 Å². The summed E-state index contributed by atoms with van der Waals surface area (Å²) in [5, 5.41) is 19.3. The van der Waals surface area contributed by atoms with Gasteiger partial charge in [-0.2, -0.15) is 4.68 Å². The fourth-order valence-electron chi connectivity index (χ4n) is 1.63. The molecular formula is C9H16N4O4S. The summed E-state index contributed by atoms with van der Waals surface area (Å²) in [5.74, 6) is -0.429. The van der Waals surface area contributed by atoms with Gasteiger partial charge in [-0.1, -0.05) is 26.7 Å². The highest BCUT2D eigenvalue weighted by Gasteiger charge is 2.29. The Morgan fingerprint density at radius 2 is 2.06 bits per heavy atom. The van der Waals surface area contributed by atoms with E-state index < -0.39 is 25.7 Å². The van der Waals surface area contributed by atoms with Crippen molar-refractivity contribution in [1.29, 1.82) is 0 Å². The fourth-order valence-corrected chi connectivity index (χ4v) is 2.26. The molecule has 102 valence electrons. The topological polar surface area (TPSA) is 121 Å². The van der Waals surface area contributed by atoms with Crippen LogP contribution >= 0.6 is 0 Å². The molecule has 0 atom stereocenters. The van der Waals surface area contributed by atoms with Crippen LogP contribution in [0.1, 0.15) is 26.7 Å². The Bertz CT molecular complexity index is 533. The van der Waals surface area contributed by atoms with Gasteiger partial charge in [-0.15, -0.1) is 0 Å². The third-order valence-corrected chi connectivity index (χ3v) is 3.69. The van der Waals surface area contributed by atoms with Crippen LogP contribution in [-0.2, 0) is 16.6 Å². The molecule has 0 spiro atoms. The first kappa shape index (κ1) is 14.6. The highest BCUT2D eigenvalue weighted by molar-refractivity contribution is 7.89. The third kappa shape index (κ3) is 3.26. The molecule has 2 N–H and O–H groups in total. The lowest BCUT2D eigenvalue weighted by atomic mass is 10.0.